The molecule has 108 valence electrons. The third-order valence-electron chi connectivity index (χ3n) is 3.49. The van der Waals surface area contributed by atoms with Gasteiger partial charge in [0.1, 0.15) is 6.54 Å². The summed E-state index contributed by atoms with van der Waals surface area (Å²) in [6.07, 6.45) is 0. The van der Waals surface area contributed by atoms with E-state index in [1.54, 1.807) is 22.9 Å². The van der Waals surface area contributed by atoms with E-state index in [2.05, 4.69) is 15.4 Å². The second-order valence-corrected chi connectivity index (χ2v) is 5.46. The molecule has 0 saturated carbocycles. The maximum atomic E-state index is 12.0. The van der Waals surface area contributed by atoms with Gasteiger partial charge in [-0.3, -0.25) is 4.79 Å². The molecule has 4 rings (SSSR count). The number of rotatable bonds is 1. The van der Waals surface area contributed by atoms with Crippen molar-refractivity contribution < 1.29 is 4.79 Å². The van der Waals surface area contributed by atoms with Crippen molar-refractivity contribution in [3.05, 3.63) is 53.6 Å². The standard InChI is InChI=1S/C16H11ClN4O/c17-11-6-7-13-12(8-11)16-19-15(10-4-2-1-3-5-10)20-21(16)9-14(22)18-13/h1-8H,9H2,(H,18,22). The van der Waals surface area contributed by atoms with Gasteiger partial charge in [0, 0.05) is 16.1 Å². The van der Waals surface area contributed by atoms with Crippen molar-refractivity contribution in [2.24, 2.45) is 0 Å². The minimum atomic E-state index is -0.133. The zero-order valence-corrected chi connectivity index (χ0v) is 12.2. The molecule has 0 saturated heterocycles. The number of anilines is 1. The molecule has 0 atom stereocenters. The van der Waals surface area contributed by atoms with E-state index in [0.29, 0.717) is 22.4 Å². The van der Waals surface area contributed by atoms with Crippen molar-refractivity contribution >= 4 is 23.2 Å². The van der Waals surface area contributed by atoms with E-state index < -0.39 is 0 Å². The van der Waals surface area contributed by atoms with Gasteiger partial charge >= 0.3 is 0 Å². The van der Waals surface area contributed by atoms with Crippen LogP contribution < -0.4 is 5.32 Å². The number of hydrogen-bond donors (Lipinski definition) is 1. The Morgan fingerprint density at radius 2 is 1.95 bits per heavy atom. The van der Waals surface area contributed by atoms with E-state index in [-0.39, 0.29) is 12.5 Å². The molecule has 1 aliphatic rings. The van der Waals surface area contributed by atoms with E-state index in [9.17, 15) is 4.79 Å². The van der Waals surface area contributed by atoms with Crippen LogP contribution in [0.25, 0.3) is 22.8 Å². The van der Waals surface area contributed by atoms with E-state index in [4.69, 9.17) is 11.6 Å². The minimum Gasteiger partial charge on any atom is -0.324 e. The molecule has 1 N–H and O–H groups in total. The molecule has 5 nitrogen and oxygen atoms in total. The Kier molecular flexibility index (Phi) is 2.94. The third-order valence-corrected chi connectivity index (χ3v) is 3.73. The molecule has 22 heavy (non-hydrogen) atoms. The lowest BCUT2D eigenvalue weighted by molar-refractivity contribution is -0.116. The maximum Gasteiger partial charge on any atom is 0.246 e. The van der Waals surface area contributed by atoms with Crippen LogP contribution in [0.4, 0.5) is 5.69 Å². The Bertz CT molecular complexity index is 873. The summed E-state index contributed by atoms with van der Waals surface area (Å²) in [7, 11) is 0. The van der Waals surface area contributed by atoms with Gasteiger partial charge in [0.2, 0.25) is 5.91 Å². The predicted molar refractivity (Wildman–Crippen MR) is 84.5 cm³/mol. The number of fused-ring (bicyclic) bond motifs is 3. The van der Waals surface area contributed by atoms with Crippen molar-refractivity contribution in [1.82, 2.24) is 14.8 Å². The second-order valence-electron chi connectivity index (χ2n) is 5.02. The number of carbonyl (C=O) groups is 1. The van der Waals surface area contributed by atoms with Crippen molar-refractivity contribution in [2.75, 3.05) is 5.32 Å². The number of amides is 1. The van der Waals surface area contributed by atoms with Crippen molar-refractivity contribution in [3.63, 3.8) is 0 Å². The van der Waals surface area contributed by atoms with Crippen LogP contribution in [0.2, 0.25) is 5.02 Å². The highest BCUT2D eigenvalue weighted by Gasteiger charge is 2.22. The molecule has 0 bridgehead atoms. The molecule has 0 radical (unpaired) electrons. The summed E-state index contributed by atoms with van der Waals surface area (Å²) in [5, 5.41) is 7.89. The largest absolute Gasteiger partial charge is 0.324 e. The summed E-state index contributed by atoms with van der Waals surface area (Å²) >= 11 is 6.09. The molecule has 0 aliphatic carbocycles. The summed E-state index contributed by atoms with van der Waals surface area (Å²) in [4.78, 5) is 16.6. The molecule has 3 aromatic rings. The molecule has 2 heterocycles. The van der Waals surface area contributed by atoms with Gasteiger partial charge in [-0.05, 0) is 18.2 Å². The number of nitrogens with zero attached hydrogens (tertiary/aromatic N) is 3. The average molecular weight is 311 g/mol. The first-order chi connectivity index (χ1) is 10.7. The lowest BCUT2D eigenvalue weighted by Crippen LogP contribution is -2.17. The minimum absolute atomic E-state index is 0.126. The lowest BCUT2D eigenvalue weighted by Gasteiger charge is -2.05. The fourth-order valence-electron chi connectivity index (χ4n) is 2.50. The van der Waals surface area contributed by atoms with Crippen LogP contribution in [0, 0.1) is 0 Å². The number of benzene rings is 2. The summed E-state index contributed by atoms with van der Waals surface area (Å²) < 4.78 is 1.61. The van der Waals surface area contributed by atoms with Crippen LogP contribution in [0.1, 0.15) is 0 Å². The Hall–Kier alpha value is -2.66. The molecular weight excluding hydrogens is 300 g/mol. The number of nitrogens with one attached hydrogen (secondary N) is 1. The van der Waals surface area contributed by atoms with Crippen LogP contribution in [0.3, 0.4) is 0 Å². The van der Waals surface area contributed by atoms with E-state index >= 15 is 0 Å². The molecule has 2 aromatic carbocycles. The molecule has 0 spiro atoms. The normalized spacial score (nSPS) is 13.0. The molecule has 0 unspecified atom stereocenters. The van der Waals surface area contributed by atoms with Crippen LogP contribution in [-0.4, -0.2) is 20.7 Å². The summed E-state index contributed by atoms with van der Waals surface area (Å²) in [5.41, 5.74) is 2.38. The zero-order chi connectivity index (χ0) is 15.1. The Labute approximate surface area is 131 Å². The summed E-state index contributed by atoms with van der Waals surface area (Å²) in [6.45, 7) is 0.126. The fourth-order valence-corrected chi connectivity index (χ4v) is 2.67. The van der Waals surface area contributed by atoms with Crippen molar-refractivity contribution in [2.45, 2.75) is 6.54 Å². The second kappa shape index (κ2) is 4.96. The van der Waals surface area contributed by atoms with Gasteiger partial charge in [0.05, 0.1) is 5.69 Å². The Morgan fingerprint density at radius 1 is 1.14 bits per heavy atom. The average Bonchev–Trinajstić information content (AvgIpc) is 2.88. The third kappa shape index (κ3) is 2.16. The zero-order valence-electron chi connectivity index (χ0n) is 11.5. The van der Waals surface area contributed by atoms with Crippen molar-refractivity contribution in [1.29, 1.82) is 0 Å². The van der Waals surface area contributed by atoms with Gasteiger partial charge in [-0.15, -0.1) is 5.10 Å². The maximum absolute atomic E-state index is 12.0. The molecule has 0 fully saturated rings. The molecule has 1 aliphatic heterocycles. The number of halogens is 1. The lowest BCUT2D eigenvalue weighted by atomic mass is 10.1. The first-order valence-corrected chi connectivity index (χ1v) is 7.18. The first kappa shape index (κ1) is 13.0. The first-order valence-electron chi connectivity index (χ1n) is 6.81. The SMILES string of the molecule is O=C1Cn2nc(-c3ccccc3)nc2-c2cc(Cl)ccc2N1. The molecule has 6 heteroatoms. The van der Waals surface area contributed by atoms with E-state index in [1.165, 1.54) is 0 Å². The van der Waals surface area contributed by atoms with Crippen molar-refractivity contribution in [3.8, 4) is 22.8 Å². The number of carbonyl (C=O) groups excluding carboxylic acids is 1. The predicted octanol–water partition coefficient (Wildman–Crippen LogP) is 3.22. The van der Waals surface area contributed by atoms with Crippen LogP contribution >= 0.6 is 11.6 Å². The Balaban J connectivity index is 1.92. The topological polar surface area (TPSA) is 59.8 Å². The van der Waals surface area contributed by atoms with Crippen LogP contribution in [-0.2, 0) is 11.3 Å². The highest BCUT2D eigenvalue weighted by Crippen LogP contribution is 2.33. The highest BCUT2D eigenvalue weighted by atomic mass is 35.5. The molecular formula is C16H11ClN4O. The van der Waals surface area contributed by atoms with Crippen LogP contribution in [0.5, 0.6) is 0 Å². The van der Waals surface area contributed by atoms with Crippen LogP contribution in [0.15, 0.2) is 48.5 Å². The Morgan fingerprint density at radius 3 is 2.77 bits per heavy atom. The van der Waals surface area contributed by atoms with E-state index in [1.807, 2.05) is 30.3 Å². The quantitative estimate of drug-likeness (QED) is 0.750. The molecule has 1 aromatic heterocycles. The summed E-state index contributed by atoms with van der Waals surface area (Å²) in [6, 6.07) is 15.0. The smallest absolute Gasteiger partial charge is 0.246 e. The van der Waals surface area contributed by atoms with E-state index in [0.717, 1.165) is 11.1 Å². The number of hydrogen-bond acceptors (Lipinski definition) is 3. The summed E-state index contributed by atoms with van der Waals surface area (Å²) in [5.74, 6) is 1.10. The molecule has 1 amide bonds. The monoisotopic (exact) mass is 310 g/mol. The number of aromatic nitrogens is 3. The highest BCUT2D eigenvalue weighted by molar-refractivity contribution is 6.31. The van der Waals surface area contributed by atoms with Gasteiger partial charge < -0.3 is 5.32 Å². The van der Waals surface area contributed by atoms with Gasteiger partial charge in [-0.25, -0.2) is 9.67 Å². The van der Waals surface area contributed by atoms with Gasteiger partial charge in [-0.1, -0.05) is 41.9 Å². The van der Waals surface area contributed by atoms with Gasteiger partial charge in [-0.2, -0.15) is 0 Å². The van der Waals surface area contributed by atoms with Gasteiger partial charge in [0.25, 0.3) is 0 Å². The van der Waals surface area contributed by atoms with Gasteiger partial charge in [0.15, 0.2) is 11.6 Å². The fraction of sp³-hybridized carbons (Fsp3) is 0.0625.